The highest BCUT2D eigenvalue weighted by atomic mass is 16.4. The Balaban J connectivity index is 0.000000500. The van der Waals surface area contributed by atoms with Crippen molar-refractivity contribution in [1.29, 1.82) is 0 Å². The molecule has 2 nitrogen and oxygen atoms in total. The number of aliphatic carboxylic acids is 1. The standard InChI is InChI=1S/C9H8O2.C3H8/c10-9(11)7-6-8-4-2-1-3-5-8;1-3-2/h1-7H,(H,10,11);3H2,1-2H3/b7-6+;. The minimum absolute atomic E-state index is 0.898. The maximum absolute atomic E-state index is 10.1. The summed E-state index contributed by atoms with van der Waals surface area (Å²) in [6, 6.07) is 9.31. The number of carbonyl (C=O) groups is 1. The first-order chi connectivity index (χ1) is 6.70. The number of rotatable bonds is 2. The lowest BCUT2D eigenvalue weighted by molar-refractivity contribution is -0.131. The molecule has 76 valence electrons. The van der Waals surface area contributed by atoms with Gasteiger partial charge in [0.25, 0.3) is 0 Å². The fourth-order valence-corrected chi connectivity index (χ4v) is 0.732. The van der Waals surface area contributed by atoms with Crippen molar-refractivity contribution in [2.75, 3.05) is 0 Å². The maximum atomic E-state index is 10.1. The van der Waals surface area contributed by atoms with E-state index in [0.717, 1.165) is 11.6 Å². The first-order valence-corrected chi connectivity index (χ1v) is 4.66. The second kappa shape index (κ2) is 8.05. The zero-order valence-electron chi connectivity index (χ0n) is 8.60. The van der Waals surface area contributed by atoms with Crippen molar-refractivity contribution in [3.8, 4) is 0 Å². The zero-order chi connectivity index (χ0) is 10.8. The van der Waals surface area contributed by atoms with E-state index in [2.05, 4.69) is 13.8 Å². The van der Waals surface area contributed by atoms with Crippen LogP contribution in [0.4, 0.5) is 0 Å². The molecule has 1 N–H and O–H groups in total. The van der Waals surface area contributed by atoms with Crippen LogP contribution in [0.2, 0.25) is 0 Å². The molecular formula is C12H16O2. The molecule has 0 saturated heterocycles. The fourth-order valence-electron chi connectivity index (χ4n) is 0.732. The van der Waals surface area contributed by atoms with Gasteiger partial charge < -0.3 is 5.11 Å². The minimum atomic E-state index is -0.922. The summed E-state index contributed by atoms with van der Waals surface area (Å²) in [5.74, 6) is -0.922. The van der Waals surface area contributed by atoms with Crippen LogP contribution in [0, 0.1) is 0 Å². The summed E-state index contributed by atoms with van der Waals surface area (Å²) in [7, 11) is 0. The Morgan fingerprint density at radius 1 is 1.29 bits per heavy atom. The van der Waals surface area contributed by atoms with Crippen LogP contribution >= 0.6 is 0 Å². The molecule has 1 aromatic carbocycles. The Kier molecular flexibility index (Phi) is 7.15. The summed E-state index contributed by atoms with van der Waals surface area (Å²) in [5, 5.41) is 8.29. The fraction of sp³-hybridized carbons (Fsp3) is 0.250. The first-order valence-electron chi connectivity index (χ1n) is 4.66. The average Bonchev–Trinajstić information content (AvgIpc) is 2.18. The Bertz CT molecular complexity index is 276. The summed E-state index contributed by atoms with van der Waals surface area (Å²) in [4.78, 5) is 10.1. The van der Waals surface area contributed by atoms with Gasteiger partial charge in [-0.3, -0.25) is 0 Å². The molecule has 1 aromatic rings. The van der Waals surface area contributed by atoms with Crippen LogP contribution in [0.3, 0.4) is 0 Å². The highest BCUT2D eigenvalue weighted by molar-refractivity contribution is 5.85. The lowest BCUT2D eigenvalue weighted by Crippen LogP contribution is -1.85. The van der Waals surface area contributed by atoms with Gasteiger partial charge in [0.2, 0.25) is 0 Å². The molecule has 0 fully saturated rings. The van der Waals surface area contributed by atoms with E-state index in [1.165, 1.54) is 6.42 Å². The molecule has 0 unspecified atom stereocenters. The van der Waals surface area contributed by atoms with E-state index in [1.807, 2.05) is 30.3 Å². The molecule has 0 atom stereocenters. The monoisotopic (exact) mass is 192 g/mol. The van der Waals surface area contributed by atoms with Gasteiger partial charge in [-0.15, -0.1) is 0 Å². The molecular weight excluding hydrogens is 176 g/mol. The van der Waals surface area contributed by atoms with E-state index in [-0.39, 0.29) is 0 Å². The van der Waals surface area contributed by atoms with E-state index < -0.39 is 5.97 Å². The van der Waals surface area contributed by atoms with Crippen LogP contribution in [-0.4, -0.2) is 11.1 Å². The molecule has 14 heavy (non-hydrogen) atoms. The summed E-state index contributed by atoms with van der Waals surface area (Å²) in [6.45, 7) is 4.25. The van der Waals surface area contributed by atoms with Crippen molar-refractivity contribution in [2.45, 2.75) is 20.3 Å². The number of hydrogen-bond acceptors (Lipinski definition) is 1. The van der Waals surface area contributed by atoms with Crippen LogP contribution in [0.5, 0.6) is 0 Å². The van der Waals surface area contributed by atoms with Crippen molar-refractivity contribution >= 4 is 12.0 Å². The van der Waals surface area contributed by atoms with Gasteiger partial charge in [0.1, 0.15) is 0 Å². The highest BCUT2D eigenvalue weighted by Crippen LogP contribution is 1.99. The summed E-state index contributed by atoms with van der Waals surface area (Å²) in [6.07, 6.45) is 3.93. The van der Waals surface area contributed by atoms with E-state index >= 15 is 0 Å². The summed E-state index contributed by atoms with van der Waals surface area (Å²) < 4.78 is 0. The number of carboxylic acid groups (broad SMARTS) is 1. The van der Waals surface area contributed by atoms with E-state index in [4.69, 9.17) is 5.11 Å². The molecule has 0 heterocycles. The zero-order valence-corrected chi connectivity index (χ0v) is 8.60. The number of hydrogen-bond donors (Lipinski definition) is 1. The SMILES string of the molecule is CCC.O=C(O)/C=C/c1ccccc1. The molecule has 0 aliphatic carbocycles. The largest absolute Gasteiger partial charge is 0.478 e. The lowest BCUT2D eigenvalue weighted by atomic mass is 10.2. The second-order valence-electron chi connectivity index (χ2n) is 2.79. The number of carboxylic acids is 1. The van der Waals surface area contributed by atoms with E-state index in [1.54, 1.807) is 6.08 Å². The van der Waals surface area contributed by atoms with Crippen LogP contribution < -0.4 is 0 Å². The van der Waals surface area contributed by atoms with Crippen molar-refractivity contribution in [3.05, 3.63) is 42.0 Å². The second-order valence-corrected chi connectivity index (χ2v) is 2.79. The normalized spacial score (nSPS) is 9.29. The molecule has 0 aliphatic rings. The van der Waals surface area contributed by atoms with Gasteiger partial charge in [0, 0.05) is 6.08 Å². The lowest BCUT2D eigenvalue weighted by Gasteiger charge is -1.87. The Morgan fingerprint density at radius 2 is 1.79 bits per heavy atom. The van der Waals surface area contributed by atoms with Crippen molar-refractivity contribution < 1.29 is 9.90 Å². The average molecular weight is 192 g/mol. The van der Waals surface area contributed by atoms with Gasteiger partial charge in [0.05, 0.1) is 0 Å². The summed E-state index contributed by atoms with van der Waals surface area (Å²) >= 11 is 0. The molecule has 0 spiro atoms. The number of benzene rings is 1. The third-order valence-corrected chi connectivity index (χ3v) is 1.22. The maximum Gasteiger partial charge on any atom is 0.328 e. The smallest absolute Gasteiger partial charge is 0.328 e. The van der Waals surface area contributed by atoms with Crippen molar-refractivity contribution in [3.63, 3.8) is 0 Å². The van der Waals surface area contributed by atoms with Gasteiger partial charge in [0.15, 0.2) is 0 Å². The molecule has 0 aromatic heterocycles. The summed E-state index contributed by atoms with van der Waals surface area (Å²) in [5.41, 5.74) is 0.898. The Morgan fingerprint density at radius 3 is 2.21 bits per heavy atom. The highest BCUT2D eigenvalue weighted by Gasteiger charge is 1.85. The Hall–Kier alpha value is -1.57. The van der Waals surface area contributed by atoms with Gasteiger partial charge in [-0.2, -0.15) is 0 Å². The molecule has 0 bridgehead atoms. The third kappa shape index (κ3) is 7.10. The predicted molar refractivity (Wildman–Crippen MR) is 59.1 cm³/mol. The van der Waals surface area contributed by atoms with Crippen LogP contribution in [0.1, 0.15) is 25.8 Å². The van der Waals surface area contributed by atoms with Gasteiger partial charge in [-0.25, -0.2) is 4.79 Å². The molecule has 0 amide bonds. The van der Waals surface area contributed by atoms with Gasteiger partial charge in [-0.05, 0) is 11.6 Å². The predicted octanol–water partition coefficient (Wildman–Crippen LogP) is 3.20. The molecule has 1 rings (SSSR count). The first kappa shape index (κ1) is 12.4. The van der Waals surface area contributed by atoms with Crippen molar-refractivity contribution in [1.82, 2.24) is 0 Å². The van der Waals surface area contributed by atoms with E-state index in [9.17, 15) is 4.79 Å². The molecule has 0 aliphatic heterocycles. The van der Waals surface area contributed by atoms with Crippen molar-refractivity contribution in [2.24, 2.45) is 0 Å². The topological polar surface area (TPSA) is 37.3 Å². The van der Waals surface area contributed by atoms with Crippen LogP contribution in [-0.2, 0) is 4.79 Å². The van der Waals surface area contributed by atoms with Gasteiger partial charge in [-0.1, -0.05) is 50.6 Å². The van der Waals surface area contributed by atoms with Crippen LogP contribution in [0.15, 0.2) is 36.4 Å². The van der Waals surface area contributed by atoms with Gasteiger partial charge >= 0.3 is 5.97 Å². The Labute approximate surface area is 84.9 Å². The molecule has 2 heteroatoms. The van der Waals surface area contributed by atoms with Crippen LogP contribution in [0.25, 0.3) is 6.08 Å². The quantitative estimate of drug-likeness (QED) is 0.730. The molecule has 0 radical (unpaired) electrons. The molecule has 0 saturated carbocycles. The third-order valence-electron chi connectivity index (χ3n) is 1.22. The minimum Gasteiger partial charge on any atom is -0.478 e. The van der Waals surface area contributed by atoms with E-state index in [0.29, 0.717) is 0 Å².